The van der Waals surface area contributed by atoms with Crippen molar-refractivity contribution >= 4 is 5.91 Å². The molecular formula is C17H25NO. The second-order valence-corrected chi connectivity index (χ2v) is 5.27. The van der Waals surface area contributed by atoms with Crippen molar-refractivity contribution in [1.29, 1.82) is 0 Å². The number of carbonyl (C=O) groups excluding carboxylic acids is 1. The molecule has 0 heterocycles. The summed E-state index contributed by atoms with van der Waals surface area (Å²) in [5.41, 5.74) is 1.39. The highest BCUT2D eigenvalue weighted by atomic mass is 16.1. The van der Waals surface area contributed by atoms with E-state index in [1.54, 1.807) is 6.08 Å². The van der Waals surface area contributed by atoms with Crippen molar-refractivity contribution < 1.29 is 4.79 Å². The molecule has 0 aliphatic rings. The van der Waals surface area contributed by atoms with Crippen LogP contribution in [0.2, 0.25) is 0 Å². The number of allylic oxidation sites excluding steroid dienone is 1. The molecular weight excluding hydrogens is 234 g/mol. The number of carbonyl (C=O) groups is 1. The van der Waals surface area contributed by atoms with Crippen LogP contribution in [0.25, 0.3) is 0 Å². The summed E-state index contributed by atoms with van der Waals surface area (Å²) in [5, 5.41) is 2.87. The average Bonchev–Trinajstić information content (AvgIpc) is 2.41. The van der Waals surface area contributed by atoms with E-state index in [9.17, 15) is 4.79 Å². The molecule has 0 aromatic heterocycles. The molecule has 0 unspecified atom stereocenters. The largest absolute Gasteiger partial charge is 0.352 e. The minimum atomic E-state index is 0.0248. The van der Waals surface area contributed by atoms with Crippen LogP contribution in [-0.2, 0) is 11.2 Å². The molecule has 0 radical (unpaired) electrons. The van der Waals surface area contributed by atoms with E-state index in [1.165, 1.54) is 12.0 Å². The Morgan fingerprint density at radius 2 is 1.95 bits per heavy atom. The fraction of sp³-hybridized carbons (Fsp3) is 0.471. The predicted molar refractivity (Wildman–Crippen MR) is 81.0 cm³/mol. The summed E-state index contributed by atoms with van der Waals surface area (Å²) in [5.74, 6) is 0.528. The highest BCUT2D eigenvalue weighted by molar-refractivity contribution is 5.87. The Bertz CT molecular complexity index is 382. The third kappa shape index (κ3) is 8.20. The zero-order chi connectivity index (χ0) is 13.9. The van der Waals surface area contributed by atoms with E-state index in [-0.39, 0.29) is 5.91 Å². The Morgan fingerprint density at radius 1 is 1.21 bits per heavy atom. The van der Waals surface area contributed by atoms with Gasteiger partial charge < -0.3 is 5.32 Å². The van der Waals surface area contributed by atoms with Crippen molar-refractivity contribution in [3.8, 4) is 0 Å². The van der Waals surface area contributed by atoms with Crippen LogP contribution in [0, 0.1) is 5.92 Å². The van der Waals surface area contributed by atoms with Crippen LogP contribution in [0.5, 0.6) is 0 Å². The van der Waals surface area contributed by atoms with Crippen LogP contribution in [-0.4, -0.2) is 12.5 Å². The first kappa shape index (κ1) is 15.5. The summed E-state index contributed by atoms with van der Waals surface area (Å²) in [7, 11) is 0. The van der Waals surface area contributed by atoms with Gasteiger partial charge in [0.2, 0.25) is 5.91 Å². The van der Waals surface area contributed by atoms with Crippen LogP contribution in [0.3, 0.4) is 0 Å². The second-order valence-electron chi connectivity index (χ2n) is 5.27. The quantitative estimate of drug-likeness (QED) is 0.559. The van der Waals surface area contributed by atoms with Gasteiger partial charge in [0.1, 0.15) is 0 Å². The highest BCUT2D eigenvalue weighted by Crippen LogP contribution is 2.06. The van der Waals surface area contributed by atoms with Crippen molar-refractivity contribution in [3.63, 3.8) is 0 Å². The van der Waals surface area contributed by atoms with Gasteiger partial charge in [-0.2, -0.15) is 0 Å². The van der Waals surface area contributed by atoms with Crippen LogP contribution < -0.4 is 5.32 Å². The van der Waals surface area contributed by atoms with Gasteiger partial charge in [-0.1, -0.05) is 50.3 Å². The number of hydrogen-bond acceptors (Lipinski definition) is 1. The number of rotatable bonds is 8. The van der Waals surface area contributed by atoms with Crippen molar-refractivity contribution in [2.24, 2.45) is 5.92 Å². The van der Waals surface area contributed by atoms with E-state index < -0.39 is 0 Å². The normalized spacial score (nSPS) is 11.1. The Hall–Kier alpha value is -1.57. The molecule has 0 fully saturated rings. The van der Waals surface area contributed by atoms with Crippen LogP contribution in [0.4, 0.5) is 0 Å². The third-order valence-corrected chi connectivity index (χ3v) is 2.88. The van der Waals surface area contributed by atoms with E-state index in [1.807, 2.05) is 12.1 Å². The molecule has 0 aliphatic heterocycles. The molecule has 0 atom stereocenters. The number of nitrogens with one attached hydrogen (secondary N) is 1. The van der Waals surface area contributed by atoms with Gasteiger partial charge in [0.15, 0.2) is 0 Å². The zero-order valence-electron chi connectivity index (χ0n) is 12.1. The van der Waals surface area contributed by atoms with Gasteiger partial charge in [-0.25, -0.2) is 0 Å². The molecule has 0 bridgehead atoms. The molecule has 19 heavy (non-hydrogen) atoms. The summed E-state index contributed by atoms with van der Waals surface area (Å²) in [6.45, 7) is 4.93. The molecule has 0 saturated heterocycles. The maximum atomic E-state index is 11.4. The highest BCUT2D eigenvalue weighted by Gasteiger charge is 1.96. The molecule has 0 saturated carbocycles. The van der Waals surface area contributed by atoms with E-state index in [2.05, 4.69) is 43.4 Å². The number of aryl methyl sites for hydroxylation is 1. The van der Waals surface area contributed by atoms with Gasteiger partial charge in [-0.15, -0.1) is 0 Å². The maximum absolute atomic E-state index is 11.4. The van der Waals surface area contributed by atoms with Crippen LogP contribution in [0.1, 0.15) is 38.7 Å². The lowest BCUT2D eigenvalue weighted by atomic mass is 10.1. The summed E-state index contributed by atoms with van der Waals surface area (Å²) in [6.07, 6.45) is 8.02. The summed E-state index contributed by atoms with van der Waals surface area (Å²) in [4.78, 5) is 11.4. The number of benzene rings is 1. The molecule has 1 aromatic carbocycles. The number of unbranched alkanes of at least 4 members (excludes halogenated alkanes) is 2. The molecule has 1 amide bonds. The standard InChI is InChI=1S/C17H25NO/c1-15(2)14-18-17(19)13-9-4-3-6-10-16-11-7-5-8-12-16/h5,7-9,11-13,15H,3-4,6,10,14H2,1-2H3,(H,18,19). The summed E-state index contributed by atoms with van der Waals surface area (Å²) >= 11 is 0. The molecule has 1 aromatic rings. The minimum Gasteiger partial charge on any atom is -0.352 e. The number of hydrogen-bond donors (Lipinski definition) is 1. The van der Waals surface area contributed by atoms with Gasteiger partial charge in [0.25, 0.3) is 0 Å². The van der Waals surface area contributed by atoms with E-state index in [0.717, 1.165) is 25.8 Å². The lowest BCUT2D eigenvalue weighted by Crippen LogP contribution is -2.25. The first-order valence-corrected chi connectivity index (χ1v) is 7.17. The molecule has 1 N–H and O–H groups in total. The lowest BCUT2D eigenvalue weighted by Gasteiger charge is -2.04. The fourth-order valence-electron chi connectivity index (χ4n) is 1.79. The van der Waals surface area contributed by atoms with E-state index >= 15 is 0 Å². The monoisotopic (exact) mass is 259 g/mol. The smallest absolute Gasteiger partial charge is 0.243 e. The summed E-state index contributed by atoms with van der Waals surface area (Å²) in [6, 6.07) is 10.5. The summed E-state index contributed by atoms with van der Waals surface area (Å²) < 4.78 is 0. The maximum Gasteiger partial charge on any atom is 0.243 e. The molecule has 2 nitrogen and oxygen atoms in total. The van der Waals surface area contributed by atoms with Crippen molar-refractivity contribution in [2.45, 2.75) is 39.5 Å². The lowest BCUT2D eigenvalue weighted by molar-refractivity contribution is -0.116. The molecule has 0 spiro atoms. The van der Waals surface area contributed by atoms with Gasteiger partial charge >= 0.3 is 0 Å². The minimum absolute atomic E-state index is 0.0248. The predicted octanol–water partition coefficient (Wildman–Crippen LogP) is 3.73. The van der Waals surface area contributed by atoms with Crippen molar-refractivity contribution in [1.82, 2.24) is 5.32 Å². The van der Waals surface area contributed by atoms with Gasteiger partial charge in [-0.3, -0.25) is 4.79 Å². The van der Waals surface area contributed by atoms with Crippen LogP contribution in [0.15, 0.2) is 42.5 Å². The Labute approximate surface area is 116 Å². The zero-order valence-corrected chi connectivity index (χ0v) is 12.1. The first-order chi connectivity index (χ1) is 9.18. The van der Waals surface area contributed by atoms with Gasteiger partial charge in [-0.05, 0) is 43.2 Å². The second kappa shape index (κ2) is 9.37. The van der Waals surface area contributed by atoms with E-state index in [0.29, 0.717) is 5.92 Å². The first-order valence-electron chi connectivity index (χ1n) is 7.17. The van der Waals surface area contributed by atoms with Crippen LogP contribution >= 0.6 is 0 Å². The average molecular weight is 259 g/mol. The third-order valence-electron chi connectivity index (χ3n) is 2.88. The number of amides is 1. The van der Waals surface area contributed by atoms with Crippen molar-refractivity contribution in [3.05, 3.63) is 48.0 Å². The SMILES string of the molecule is CC(C)CNC(=O)C=CCCCCc1ccccc1. The Morgan fingerprint density at radius 3 is 2.63 bits per heavy atom. The van der Waals surface area contributed by atoms with Gasteiger partial charge in [0.05, 0.1) is 0 Å². The molecule has 0 aliphatic carbocycles. The Kier molecular flexibility index (Phi) is 7.64. The molecule has 2 heteroatoms. The topological polar surface area (TPSA) is 29.1 Å². The Balaban J connectivity index is 2.05. The van der Waals surface area contributed by atoms with Gasteiger partial charge in [0, 0.05) is 6.54 Å². The van der Waals surface area contributed by atoms with Crippen molar-refractivity contribution in [2.75, 3.05) is 6.54 Å². The van der Waals surface area contributed by atoms with E-state index in [4.69, 9.17) is 0 Å². The fourth-order valence-corrected chi connectivity index (χ4v) is 1.79. The molecule has 104 valence electrons. The molecule has 1 rings (SSSR count).